The average Bonchev–Trinajstić information content (AvgIpc) is 2.67. The van der Waals surface area contributed by atoms with Crippen LogP contribution in [-0.2, 0) is 6.54 Å². The van der Waals surface area contributed by atoms with E-state index in [-0.39, 0.29) is 11.2 Å². The Balaban J connectivity index is 1.75. The highest BCUT2D eigenvalue weighted by Crippen LogP contribution is 2.30. The van der Waals surface area contributed by atoms with Crippen LogP contribution in [0.15, 0.2) is 51.9 Å². The molecule has 0 amide bonds. The molecule has 1 N–H and O–H groups in total. The Morgan fingerprint density at radius 2 is 1.85 bits per heavy atom. The Morgan fingerprint density at radius 1 is 1.15 bits per heavy atom. The van der Waals surface area contributed by atoms with Gasteiger partial charge in [-0.15, -0.1) is 0 Å². The molecule has 1 aliphatic heterocycles. The van der Waals surface area contributed by atoms with Gasteiger partial charge in [-0.3, -0.25) is 9.69 Å². The minimum Gasteiger partial charge on any atom is -0.507 e. The number of rotatable bonds is 3. The molecule has 0 saturated carbocycles. The molecule has 1 fully saturated rings. The van der Waals surface area contributed by atoms with Crippen molar-refractivity contribution in [1.82, 2.24) is 4.90 Å². The Bertz CT molecular complexity index is 1020. The maximum atomic E-state index is 13.0. The summed E-state index contributed by atoms with van der Waals surface area (Å²) in [5, 5.41) is 11.5. The molecular weight excluding hydrogens is 362 g/mol. The second kappa shape index (κ2) is 7.37. The van der Waals surface area contributed by atoms with Crippen molar-refractivity contribution in [2.24, 2.45) is 5.92 Å². The summed E-state index contributed by atoms with van der Waals surface area (Å²) < 4.78 is 5.86. The Hall–Kier alpha value is -2.30. The van der Waals surface area contributed by atoms with Gasteiger partial charge in [0.1, 0.15) is 17.6 Å². The lowest BCUT2D eigenvalue weighted by Crippen LogP contribution is -2.32. The first-order valence-electron chi connectivity index (χ1n) is 9.27. The smallest absolute Gasteiger partial charge is 0.200 e. The van der Waals surface area contributed by atoms with Gasteiger partial charge in [0, 0.05) is 11.6 Å². The van der Waals surface area contributed by atoms with Crippen LogP contribution in [0, 0.1) is 5.92 Å². The molecule has 0 unspecified atom stereocenters. The fourth-order valence-electron chi connectivity index (χ4n) is 3.67. The first kappa shape index (κ1) is 18.1. The molecule has 3 aromatic rings. The molecule has 4 rings (SSSR count). The van der Waals surface area contributed by atoms with E-state index in [1.165, 1.54) is 6.26 Å². The topological polar surface area (TPSA) is 53.7 Å². The molecule has 140 valence electrons. The summed E-state index contributed by atoms with van der Waals surface area (Å²) >= 11 is 5.94. The van der Waals surface area contributed by atoms with Crippen LogP contribution in [0.5, 0.6) is 5.75 Å². The van der Waals surface area contributed by atoms with Gasteiger partial charge in [0.15, 0.2) is 0 Å². The largest absolute Gasteiger partial charge is 0.507 e. The molecule has 1 saturated heterocycles. The standard InChI is InChI=1S/C22H22ClNO3/c1-14-8-10-24(11-9-14)12-18-20(25)7-6-17-21(26)19(13-27-22(17)18)15-2-4-16(23)5-3-15/h2-7,13-14,25H,8-12H2,1H3. The minimum absolute atomic E-state index is 0.105. The van der Waals surface area contributed by atoms with Crippen LogP contribution in [0.1, 0.15) is 25.3 Å². The van der Waals surface area contributed by atoms with E-state index < -0.39 is 0 Å². The molecule has 2 heterocycles. The lowest BCUT2D eigenvalue weighted by Gasteiger charge is -2.30. The van der Waals surface area contributed by atoms with Crippen LogP contribution in [0.3, 0.4) is 0 Å². The number of likely N-dealkylation sites (tertiary alicyclic amines) is 1. The summed E-state index contributed by atoms with van der Waals surface area (Å²) in [6.07, 6.45) is 3.78. The van der Waals surface area contributed by atoms with Crippen molar-refractivity contribution >= 4 is 22.6 Å². The zero-order chi connectivity index (χ0) is 19.0. The van der Waals surface area contributed by atoms with Crippen LogP contribution >= 0.6 is 11.6 Å². The van der Waals surface area contributed by atoms with E-state index in [1.54, 1.807) is 36.4 Å². The van der Waals surface area contributed by atoms with Crippen molar-refractivity contribution in [3.8, 4) is 16.9 Å². The van der Waals surface area contributed by atoms with Crippen LogP contribution in [0.4, 0.5) is 0 Å². The molecule has 27 heavy (non-hydrogen) atoms. The summed E-state index contributed by atoms with van der Waals surface area (Å²) in [5.41, 5.74) is 2.29. The van der Waals surface area contributed by atoms with E-state index in [0.717, 1.165) is 37.4 Å². The number of aromatic hydroxyl groups is 1. The van der Waals surface area contributed by atoms with Crippen molar-refractivity contribution < 1.29 is 9.52 Å². The predicted octanol–water partition coefficient (Wildman–Crippen LogP) is 5.05. The molecule has 0 aliphatic carbocycles. The minimum atomic E-state index is -0.105. The maximum absolute atomic E-state index is 13.0. The van der Waals surface area contributed by atoms with Gasteiger partial charge < -0.3 is 9.52 Å². The third-order valence-corrected chi connectivity index (χ3v) is 5.68. The molecule has 0 radical (unpaired) electrons. The van der Waals surface area contributed by atoms with Gasteiger partial charge in [-0.25, -0.2) is 0 Å². The van der Waals surface area contributed by atoms with E-state index in [4.69, 9.17) is 16.0 Å². The third kappa shape index (κ3) is 3.60. The number of phenolic OH excluding ortho intramolecular Hbond substituents is 1. The first-order valence-corrected chi connectivity index (χ1v) is 9.65. The normalized spacial score (nSPS) is 16.1. The third-order valence-electron chi connectivity index (χ3n) is 5.43. The summed E-state index contributed by atoms with van der Waals surface area (Å²) in [4.78, 5) is 15.3. The number of phenols is 1. The van der Waals surface area contributed by atoms with Crippen molar-refractivity contribution in [3.05, 3.63) is 63.5 Å². The fourth-order valence-corrected chi connectivity index (χ4v) is 3.80. The van der Waals surface area contributed by atoms with E-state index in [2.05, 4.69) is 11.8 Å². The Labute approximate surface area is 163 Å². The Kier molecular flexibility index (Phi) is 4.94. The number of piperidine rings is 1. The number of hydrogen-bond acceptors (Lipinski definition) is 4. The molecule has 5 heteroatoms. The molecule has 0 atom stereocenters. The van der Waals surface area contributed by atoms with E-state index in [9.17, 15) is 9.90 Å². The second-order valence-electron chi connectivity index (χ2n) is 7.38. The maximum Gasteiger partial charge on any atom is 0.200 e. The van der Waals surface area contributed by atoms with E-state index in [0.29, 0.717) is 33.7 Å². The van der Waals surface area contributed by atoms with Crippen LogP contribution < -0.4 is 5.43 Å². The number of halogens is 1. The molecular formula is C22H22ClNO3. The van der Waals surface area contributed by atoms with Gasteiger partial charge in [0.05, 0.1) is 16.5 Å². The molecule has 0 bridgehead atoms. The quantitative estimate of drug-likeness (QED) is 0.687. The van der Waals surface area contributed by atoms with Gasteiger partial charge in [0.2, 0.25) is 5.43 Å². The number of fused-ring (bicyclic) bond motifs is 1. The van der Waals surface area contributed by atoms with Crippen molar-refractivity contribution in [1.29, 1.82) is 0 Å². The van der Waals surface area contributed by atoms with Gasteiger partial charge in [0.25, 0.3) is 0 Å². The fraction of sp³-hybridized carbons (Fsp3) is 0.318. The van der Waals surface area contributed by atoms with Crippen LogP contribution in [-0.4, -0.2) is 23.1 Å². The summed E-state index contributed by atoms with van der Waals surface area (Å²) in [7, 11) is 0. The van der Waals surface area contributed by atoms with Crippen molar-refractivity contribution in [2.45, 2.75) is 26.3 Å². The second-order valence-corrected chi connectivity index (χ2v) is 7.82. The first-order chi connectivity index (χ1) is 13.0. The van der Waals surface area contributed by atoms with Gasteiger partial charge >= 0.3 is 0 Å². The SMILES string of the molecule is CC1CCN(Cc2c(O)ccc3c(=O)c(-c4ccc(Cl)cc4)coc23)CC1. The van der Waals surface area contributed by atoms with Crippen LogP contribution in [0.25, 0.3) is 22.1 Å². The lowest BCUT2D eigenvalue weighted by atomic mass is 9.98. The molecule has 4 nitrogen and oxygen atoms in total. The van der Waals surface area contributed by atoms with E-state index in [1.807, 2.05) is 0 Å². The molecule has 1 aromatic heterocycles. The lowest BCUT2D eigenvalue weighted by molar-refractivity contribution is 0.184. The highest BCUT2D eigenvalue weighted by Gasteiger charge is 2.20. The summed E-state index contributed by atoms with van der Waals surface area (Å²) in [5.74, 6) is 0.908. The number of hydrogen-bond donors (Lipinski definition) is 1. The monoisotopic (exact) mass is 383 g/mol. The van der Waals surface area contributed by atoms with Crippen molar-refractivity contribution in [2.75, 3.05) is 13.1 Å². The number of benzene rings is 2. The van der Waals surface area contributed by atoms with E-state index >= 15 is 0 Å². The van der Waals surface area contributed by atoms with Gasteiger partial charge in [-0.2, -0.15) is 0 Å². The van der Waals surface area contributed by atoms with Crippen LogP contribution in [0.2, 0.25) is 5.02 Å². The zero-order valence-electron chi connectivity index (χ0n) is 15.2. The average molecular weight is 384 g/mol. The highest BCUT2D eigenvalue weighted by molar-refractivity contribution is 6.30. The van der Waals surface area contributed by atoms with Gasteiger partial charge in [-0.05, 0) is 61.7 Å². The number of nitrogens with zero attached hydrogens (tertiary/aromatic N) is 1. The molecule has 2 aromatic carbocycles. The Morgan fingerprint density at radius 3 is 2.56 bits per heavy atom. The molecule has 0 spiro atoms. The summed E-state index contributed by atoms with van der Waals surface area (Å²) in [6.45, 7) is 4.83. The molecule has 1 aliphatic rings. The summed E-state index contributed by atoms with van der Waals surface area (Å²) in [6, 6.07) is 10.3. The zero-order valence-corrected chi connectivity index (χ0v) is 16.0. The predicted molar refractivity (Wildman–Crippen MR) is 108 cm³/mol. The van der Waals surface area contributed by atoms with Crippen molar-refractivity contribution in [3.63, 3.8) is 0 Å². The van der Waals surface area contributed by atoms with Gasteiger partial charge in [-0.1, -0.05) is 30.7 Å². The highest BCUT2D eigenvalue weighted by atomic mass is 35.5.